The van der Waals surface area contributed by atoms with Crippen LogP contribution in [0.1, 0.15) is 27.0 Å². The molecule has 0 aliphatic carbocycles. The van der Waals surface area contributed by atoms with Gasteiger partial charge in [0.05, 0.1) is 7.11 Å². The number of rotatable bonds is 4. The minimum atomic E-state index is -0.105. The van der Waals surface area contributed by atoms with Crippen molar-refractivity contribution < 1.29 is 9.53 Å². The lowest BCUT2D eigenvalue weighted by Crippen LogP contribution is -2.23. The maximum Gasteiger partial charge on any atom is 0.251 e. The van der Waals surface area contributed by atoms with Crippen LogP contribution >= 0.6 is 0 Å². The fraction of sp³-hybridized carbons (Fsp3) is 0.235. The number of methoxy groups -OCH3 is 1. The molecule has 3 N–H and O–H groups in total. The van der Waals surface area contributed by atoms with E-state index in [1.54, 1.807) is 25.3 Å². The summed E-state index contributed by atoms with van der Waals surface area (Å²) in [5, 5.41) is 2.90. The summed E-state index contributed by atoms with van der Waals surface area (Å²) in [5.74, 6) is 0.608. The van der Waals surface area contributed by atoms with E-state index >= 15 is 0 Å². The van der Waals surface area contributed by atoms with Crippen molar-refractivity contribution >= 4 is 11.6 Å². The number of nitrogens with one attached hydrogen (secondary N) is 1. The van der Waals surface area contributed by atoms with Crippen molar-refractivity contribution in [1.82, 2.24) is 5.32 Å². The van der Waals surface area contributed by atoms with E-state index in [4.69, 9.17) is 10.5 Å². The summed E-state index contributed by atoms with van der Waals surface area (Å²) in [6.45, 7) is 4.33. The number of nitrogens with two attached hydrogens (primary N) is 1. The second-order valence-electron chi connectivity index (χ2n) is 5.13. The van der Waals surface area contributed by atoms with Crippen molar-refractivity contribution in [3.63, 3.8) is 0 Å². The Morgan fingerprint density at radius 3 is 2.43 bits per heavy atom. The average molecular weight is 284 g/mol. The first-order valence-electron chi connectivity index (χ1n) is 6.78. The van der Waals surface area contributed by atoms with E-state index in [0.29, 0.717) is 23.5 Å². The number of carbonyl (C=O) groups is 1. The van der Waals surface area contributed by atoms with Crippen molar-refractivity contribution in [1.29, 1.82) is 0 Å². The monoisotopic (exact) mass is 284 g/mol. The van der Waals surface area contributed by atoms with Gasteiger partial charge in [0, 0.05) is 23.4 Å². The number of benzene rings is 2. The first kappa shape index (κ1) is 14.9. The predicted molar refractivity (Wildman–Crippen MR) is 84.5 cm³/mol. The van der Waals surface area contributed by atoms with Crippen LogP contribution in [0.5, 0.6) is 5.75 Å². The Kier molecular flexibility index (Phi) is 4.48. The number of hydrogen-bond acceptors (Lipinski definition) is 3. The zero-order valence-electron chi connectivity index (χ0n) is 12.6. The maximum absolute atomic E-state index is 12.2. The largest absolute Gasteiger partial charge is 0.496 e. The highest BCUT2D eigenvalue weighted by atomic mass is 16.5. The first-order chi connectivity index (χ1) is 9.99. The molecule has 0 aromatic heterocycles. The normalized spacial score (nSPS) is 10.2. The smallest absolute Gasteiger partial charge is 0.251 e. The van der Waals surface area contributed by atoms with Gasteiger partial charge < -0.3 is 15.8 Å². The van der Waals surface area contributed by atoms with Crippen LogP contribution in [0.25, 0.3) is 0 Å². The van der Waals surface area contributed by atoms with E-state index in [1.165, 1.54) is 0 Å². The van der Waals surface area contributed by atoms with E-state index in [1.807, 2.05) is 32.0 Å². The lowest BCUT2D eigenvalue weighted by molar-refractivity contribution is 0.0950. The number of ether oxygens (including phenoxy) is 1. The van der Waals surface area contributed by atoms with Crippen LogP contribution in [0, 0.1) is 13.8 Å². The molecule has 0 bridgehead atoms. The Hall–Kier alpha value is -2.49. The van der Waals surface area contributed by atoms with Gasteiger partial charge in [-0.05, 0) is 44.2 Å². The molecular weight excluding hydrogens is 264 g/mol. The summed E-state index contributed by atoms with van der Waals surface area (Å²) < 4.78 is 5.27. The maximum atomic E-state index is 12.2. The van der Waals surface area contributed by atoms with Gasteiger partial charge in [0.2, 0.25) is 0 Å². The molecule has 0 aliphatic rings. The summed E-state index contributed by atoms with van der Waals surface area (Å²) >= 11 is 0. The minimum Gasteiger partial charge on any atom is -0.496 e. The van der Waals surface area contributed by atoms with Gasteiger partial charge in [-0.1, -0.05) is 17.2 Å². The van der Waals surface area contributed by atoms with Gasteiger partial charge in [-0.15, -0.1) is 0 Å². The molecule has 0 unspecified atom stereocenters. The molecular formula is C17H20N2O2. The van der Waals surface area contributed by atoms with E-state index in [2.05, 4.69) is 5.32 Å². The van der Waals surface area contributed by atoms with Crippen LogP contribution < -0.4 is 15.8 Å². The third kappa shape index (κ3) is 3.75. The van der Waals surface area contributed by atoms with Crippen LogP contribution in [0.2, 0.25) is 0 Å². The molecule has 0 fully saturated rings. The number of nitrogen functional groups attached to an aromatic ring is 1. The molecule has 1 amide bonds. The fourth-order valence-corrected chi connectivity index (χ4v) is 2.32. The van der Waals surface area contributed by atoms with Crippen molar-refractivity contribution in [2.24, 2.45) is 0 Å². The lowest BCUT2D eigenvalue weighted by Gasteiger charge is -2.11. The standard InChI is InChI=1S/C17H20N2O2/c1-11-6-12(2)8-13(7-11)17(20)19-10-14-9-15(18)4-5-16(14)21-3/h4-9H,10,18H2,1-3H3,(H,19,20). The minimum absolute atomic E-state index is 0.105. The van der Waals surface area contributed by atoms with Crippen LogP contribution in [-0.4, -0.2) is 13.0 Å². The number of amides is 1. The highest BCUT2D eigenvalue weighted by molar-refractivity contribution is 5.94. The molecule has 0 atom stereocenters. The topological polar surface area (TPSA) is 64.3 Å². The zero-order valence-corrected chi connectivity index (χ0v) is 12.6. The van der Waals surface area contributed by atoms with Gasteiger partial charge >= 0.3 is 0 Å². The van der Waals surface area contributed by atoms with Crippen molar-refractivity contribution in [2.45, 2.75) is 20.4 Å². The molecule has 2 aromatic carbocycles. The molecule has 0 heterocycles. The Morgan fingerprint density at radius 2 is 1.81 bits per heavy atom. The van der Waals surface area contributed by atoms with Crippen LogP contribution in [-0.2, 0) is 6.54 Å². The molecule has 110 valence electrons. The zero-order chi connectivity index (χ0) is 15.4. The molecule has 2 aromatic rings. The molecule has 2 rings (SSSR count). The van der Waals surface area contributed by atoms with E-state index in [-0.39, 0.29) is 5.91 Å². The van der Waals surface area contributed by atoms with Crippen LogP contribution in [0.3, 0.4) is 0 Å². The molecule has 4 heteroatoms. The molecule has 0 saturated heterocycles. The Labute approximate surface area is 124 Å². The average Bonchev–Trinajstić information content (AvgIpc) is 2.43. The van der Waals surface area contributed by atoms with Gasteiger partial charge in [0.1, 0.15) is 5.75 Å². The number of anilines is 1. The van der Waals surface area contributed by atoms with Crippen LogP contribution in [0.15, 0.2) is 36.4 Å². The van der Waals surface area contributed by atoms with E-state index in [0.717, 1.165) is 16.7 Å². The lowest BCUT2D eigenvalue weighted by atomic mass is 10.1. The van der Waals surface area contributed by atoms with Crippen molar-refractivity contribution in [3.8, 4) is 5.75 Å². The third-order valence-electron chi connectivity index (χ3n) is 3.23. The third-order valence-corrected chi connectivity index (χ3v) is 3.23. The van der Waals surface area contributed by atoms with E-state index < -0.39 is 0 Å². The van der Waals surface area contributed by atoms with Gasteiger partial charge in [-0.2, -0.15) is 0 Å². The number of hydrogen-bond donors (Lipinski definition) is 2. The van der Waals surface area contributed by atoms with Crippen molar-refractivity contribution in [2.75, 3.05) is 12.8 Å². The number of aryl methyl sites for hydroxylation is 2. The molecule has 21 heavy (non-hydrogen) atoms. The second kappa shape index (κ2) is 6.31. The van der Waals surface area contributed by atoms with E-state index in [9.17, 15) is 4.79 Å². The Balaban J connectivity index is 2.12. The summed E-state index contributed by atoms with van der Waals surface area (Å²) in [6.07, 6.45) is 0. The molecule has 4 nitrogen and oxygen atoms in total. The van der Waals surface area contributed by atoms with Crippen LogP contribution in [0.4, 0.5) is 5.69 Å². The second-order valence-corrected chi connectivity index (χ2v) is 5.13. The number of carbonyl (C=O) groups excluding carboxylic acids is 1. The van der Waals surface area contributed by atoms with Crippen molar-refractivity contribution in [3.05, 3.63) is 58.7 Å². The van der Waals surface area contributed by atoms with Gasteiger partial charge in [0.25, 0.3) is 5.91 Å². The summed E-state index contributed by atoms with van der Waals surface area (Å²) in [6, 6.07) is 11.2. The fourth-order valence-electron chi connectivity index (χ4n) is 2.32. The van der Waals surface area contributed by atoms with Gasteiger partial charge in [0.15, 0.2) is 0 Å². The quantitative estimate of drug-likeness (QED) is 0.849. The Morgan fingerprint density at radius 1 is 1.14 bits per heavy atom. The highest BCUT2D eigenvalue weighted by Crippen LogP contribution is 2.21. The first-order valence-corrected chi connectivity index (χ1v) is 6.78. The summed E-state index contributed by atoms with van der Waals surface area (Å²) in [4.78, 5) is 12.2. The summed E-state index contributed by atoms with van der Waals surface area (Å²) in [5.41, 5.74) is 10.1. The molecule has 0 aliphatic heterocycles. The van der Waals surface area contributed by atoms with Gasteiger partial charge in [-0.3, -0.25) is 4.79 Å². The molecule has 0 spiro atoms. The SMILES string of the molecule is COc1ccc(N)cc1CNC(=O)c1cc(C)cc(C)c1. The predicted octanol–water partition coefficient (Wildman–Crippen LogP) is 2.82. The molecule has 0 radical (unpaired) electrons. The molecule has 0 saturated carbocycles. The van der Waals surface area contributed by atoms with Gasteiger partial charge in [-0.25, -0.2) is 0 Å². The highest BCUT2D eigenvalue weighted by Gasteiger charge is 2.09. The Bertz CT molecular complexity index is 646. The summed E-state index contributed by atoms with van der Waals surface area (Å²) in [7, 11) is 1.60.